The minimum Gasteiger partial charge on any atom is -0.367 e. The average molecular weight is 408 g/mol. The smallest absolute Gasteiger partial charge is 0.0939 e. The Morgan fingerprint density at radius 3 is 2.10 bits per heavy atom. The van der Waals surface area contributed by atoms with Crippen molar-refractivity contribution in [3.8, 4) is 0 Å². The molecule has 1 saturated carbocycles. The van der Waals surface area contributed by atoms with Crippen molar-refractivity contribution in [2.24, 2.45) is 0 Å². The fourth-order valence-corrected chi connectivity index (χ4v) is 6.08. The van der Waals surface area contributed by atoms with Crippen LogP contribution in [0, 0.1) is 0 Å². The molecule has 30 heavy (non-hydrogen) atoms. The number of alkyl halides is 1. The quantitative estimate of drug-likeness (QED) is 0.660. The van der Waals surface area contributed by atoms with Gasteiger partial charge in [-0.15, -0.1) is 0 Å². The highest BCUT2D eigenvalue weighted by Gasteiger charge is 2.43. The first-order valence-corrected chi connectivity index (χ1v) is 11.9. The molecule has 1 heterocycles. The van der Waals surface area contributed by atoms with Gasteiger partial charge in [0.2, 0.25) is 0 Å². The third-order valence-electron chi connectivity index (χ3n) is 7.69. The molecule has 0 unspecified atom stereocenters. The number of hydrogen-bond donors (Lipinski definition) is 1. The Morgan fingerprint density at radius 1 is 0.833 bits per heavy atom. The summed E-state index contributed by atoms with van der Waals surface area (Å²) in [4.78, 5) is 0. The van der Waals surface area contributed by atoms with Crippen LogP contribution in [0.3, 0.4) is 0 Å². The molecule has 2 aromatic rings. The first kappa shape index (κ1) is 20.2. The summed E-state index contributed by atoms with van der Waals surface area (Å²) >= 11 is 0. The lowest BCUT2D eigenvalue weighted by molar-refractivity contribution is -0.137. The predicted molar refractivity (Wildman–Crippen MR) is 120 cm³/mol. The maximum atomic E-state index is 13.1. The molecule has 1 aliphatic heterocycles. The topological polar surface area (TPSA) is 21.3 Å². The molecule has 0 bridgehead atoms. The number of benzene rings is 2. The zero-order valence-electron chi connectivity index (χ0n) is 17.9. The van der Waals surface area contributed by atoms with E-state index in [-0.39, 0.29) is 18.4 Å². The van der Waals surface area contributed by atoms with Gasteiger partial charge in [-0.3, -0.25) is 4.39 Å². The lowest BCUT2D eigenvalue weighted by Gasteiger charge is -2.47. The van der Waals surface area contributed by atoms with E-state index in [9.17, 15) is 4.39 Å². The third kappa shape index (κ3) is 4.07. The molecule has 1 atom stereocenters. The molecule has 160 valence electrons. The van der Waals surface area contributed by atoms with Gasteiger partial charge in [0.05, 0.1) is 18.4 Å². The van der Waals surface area contributed by atoms with E-state index in [1.54, 1.807) is 0 Å². The monoisotopic (exact) mass is 407 g/mol. The van der Waals surface area contributed by atoms with Crippen LogP contribution in [0.25, 0.3) is 0 Å². The Hall–Kier alpha value is -1.71. The summed E-state index contributed by atoms with van der Waals surface area (Å²) in [5.74, 6) is 0. The lowest BCUT2D eigenvalue weighted by atomic mass is 9.73. The second-order valence-corrected chi connectivity index (χ2v) is 9.56. The van der Waals surface area contributed by atoms with E-state index >= 15 is 0 Å². The number of nitrogens with one attached hydrogen (secondary N) is 1. The Morgan fingerprint density at radius 2 is 1.43 bits per heavy atom. The van der Waals surface area contributed by atoms with Crippen LogP contribution in [-0.2, 0) is 29.6 Å². The molecule has 0 radical (unpaired) electrons. The van der Waals surface area contributed by atoms with Crippen molar-refractivity contribution in [1.29, 1.82) is 0 Å². The summed E-state index contributed by atoms with van der Waals surface area (Å²) < 4.78 is 19.7. The van der Waals surface area contributed by atoms with Gasteiger partial charge in [0.25, 0.3) is 0 Å². The SMILES string of the molecule is FCC[C@H]1Cc2ccccc2C2(CCC(NC3CCc4ccccc4CC3)CC2)O1. The minimum atomic E-state index is -0.294. The van der Waals surface area contributed by atoms with Crippen molar-refractivity contribution < 1.29 is 9.13 Å². The van der Waals surface area contributed by atoms with E-state index in [1.165, 1.54) is 47.9 Å². The van der Waals surface area contributed by atoms with Crippen LogP contribution in [-0.4, -0.2) is 24.9 Å². The summed E-state index contributed by atoms with van der Waals surface area (Å²) in [5.41, 5.74) is 5.61. The standard InChI is InChI=1S/C27H34FNO/c28-18-15-25-19-22-7-3-4-8-26(22)27(30-25)16-13-24(14-17-27)29-23-11-9-20-5-1-2-6-21(20)10-12-23/h1-8,23-25,29H,9-19H2/t24?,25-,27?/m0/s1. The summed E-state index contributed by atoms with van der Waals surface area (Å²) in [7, 11) is 0. The Kier molecular flexibility index (Phi) is 5.93. The molecule has 1 spiro atoms. The molecule has 0 aromatic heterocycles. The highest BCUT2D eigenvalue weighted by molar-refractivity contribution is 5.36. The molecule has 2 aromatic carbocycles. The van der Waals surface area contributed by atoms with Crippen molar-refractivity contribution in [3.63, 3.8) is 0 Å². The summed E-state index contributed by atoms with van der Waals surface area (Å²) in [6.07, 6.45) is 10.6. The van der Waals surface area contributed by atoms with Crippen LogP contribution < -0.4 is 5.32 Å². The molecule has 2 nitrogen and oxygen atoms in total. The predicted octanol–water partition coefficient (Wildman–Crippen LogP) is 5.66. The Labute approximate surface area is 180 Å². The van der Waals surface area contributed by atoms with E-state index in [0.717, 1.165) is 32.1 Å². The van der Waals surface area contributed by atoms with Crippen LogP contribution >= 0.6 is 0 Å². The average Bonchev–Trinajstić information content (AvgIpc) is 2.98. The lowest BCUT2D eigenvalue weighted by Crippen LogP contribution is -2.48. The van der Waals surface area contributed by atoms with E-state index in [2.05, 4.69) is 53.8 Å². The number of halogens is 1. The van der Waals surface area contributed by atoms with Crippen LogP contribution in [0.15, 0.2) is 48.5 Å². The number of ether oxygens (including phenoxy) is 1. The van der Waals surface area contributed by atoms with Crippen LogP contribution in [0.2, 0.25) is 0 Å². The minimum absolute atomic E-state index is 0.0229. The van der Waals surface area contributed by atoms with Gasteiger partial charge in [-0.2, -0.15) is 0 Å². The zero-order chi connectivity index (χ0) is 20.4. The number of hydrogen-bond acceptors (Lipinski definition) is 2. The maximum Gasteiger partial charge on any atom is 0.0939 e. The first-order chi connectivity index (χ1) is 14.8. The number of aryl methyl sites for hydroxylation is 2. The molecule has 0 amide bonds. The second kappa shape index (κ2) is 8.80. The maximum absolute atomic E-state index is 13.1. The molecule has 0 saturated heterocycles. The second-order valence-electron chi connectivity index (χ2n) is 9.56. The van der Waals surface area contributed by atoms with Crippen molar-refractivity contribution in [3.05, 3.63) is 70.8 Å². The molecule has 3 heteroatoms. The van der Waals surface area contributed by atoms with Crippen LogP contribution in [0.1, 0.15) is 67.2 Å². The van der Waals surface area contributed by atoms with Crippen LogP contribution in [0.4, 0.5) is 4.39 Å². The van der Waals surface area contributed by atoms with Crippen molar-refractivity contribution in [2.75, 3.05) is 6.67 Å². The summed E-state index contributed by atoms with van der Waals surface area (Å²) in [6.45, 7) is -0.294. The largest absolute Gasteiger partial charge is 0.367 e. The normalized spacial score (nSPS) is 29.2. The molecule has 1 fully saturated rings. The summed E-state index contributed by atoms with van der Waals surface area (Å²) in [6, 6.07) is 18.8. The fourth-order valence-electron chi connectivity index (χ4n) is 6.08. The van der Waals surface area contributed by atoms with Crippen LogP contribution in [0.5, 0.6) is 0 Å². The van der Waals surface area contributed by atoms with Gasteiger partial charge in [-0.1, -0.05) is 48.5 Å². The van der Waals surface area contributed by atoms with Crippen molar-refractivity contribution in [1.82, 2.24) is 5.32 Å². The van der Waals surface area contributed by atoms with Gasteiger partial charge >= 0.3 is 0 Å². The molecule has 5 rings (SSSR count). The van der Waals surface area contributed by atoms with Crippen molar-refractivity contribution in [2.45, 2.75) is 88.0 Å². The van der Waals surface area contributed by atoms with E-state index < -0.39 is 0 Å². The molecule has 1 N–H and O–H groups in total. The van der Waals surface area contributed by atoms with Gasteiger partial charge in [-0.05, 0) is 80.0 Å². The zero-order valence-corrected chi connectivity index (χ0v) is 17.9. The highest BCUT2D eigenvalue weighted by Crippen LogP contribution is 2.46. The number of fused-ring (bicyclic) bond motifs is 3. The molecular formula is C27H34FNO. The van der Waals surface area contributed by atoms with Gasteiger partial charge in [0, 0.05) is 18.5 Å². The Bertz CT molecular complexity index is 830. The van der Waals surface area contributed by atoms with E-state index in [1.807, 2.05) is 0 Å². The summed E-state index contributed by atoms with van der Waals surface area (Å²) in [5, 5.41) is 4.00. The molecule has 3 aliphatic rings. The van der Waals surface area contributed by atoms with Gasteiger partial charge in [0.1, 0.15) is 0 Å². The fraction of sp³-hybridized carbons (Fsp3) is 0.556. The number of rotatable bonds is 4. The first-order valence-electron chi connectivity index (χ1n) is 11.9. The van der Waals surface area contributed by atoms with Gasteiger partial charge in [-0.25, -0.2) is 0 Å². The van der Waals surface area contributed by atoms with E-state index in [0.29, 0.717) is 18.5 Å². The molecular weight excluding hydrogens is 373 g/mol. The third-order valence-corrected chi connectivity index (χ3v) is 7.69. The molecule has 2 aliphatic carbocycles. The van der Waals surface area contributed by atoms with E-state index in [4.69, 9.17) is 4.74 Å². The van der Waals surface area contributed by atoms with Crippen molar-refractivity contribution >= 4 is 0 Å². The van der Waals surface area contributed by atoms with Gasteiger partial charge in [0.15, 0.2) is 0 Å². The van der Waals surface area contributed by atoms with Gasteiger partial charge < -0.3 is 10.1 Å². The highest BCUT2D eigenvalue weighted by atomic mass is 19.1. The Balaban J connectivity index is 1.23.